The third-order valence-corrected chi connectivity index (χ3v) is 3.83. The van der Waals surface area contributed by atoms with Gasteiger partial charge in [0.1, 0.15) is 5.75 Å². The highest BCUT2D eigenvalue weighted by atomic mass is 79.9. The van der Waals surface area contributed by atoms with Gasteiger partial charge in [-0.25, -0.2) is 0 Å². The first-order chi connectivity index (χ1) is 7.61. The van der Waals surface area contributed by atoms with Crippen LogP contribution in [0, 0.1) is 11.8 Å². The summed E-state index contributed by atoms with van der Waals surface area (Å²) in [6.07, 6.45) is 0. The molecule has 0 N–H and O–H groups in total. The van der Waals surface area contributed by atoms with Crippen LogP contribution in [0.25, 0.3) is 0 Å². The van der Waals surface area contributed by atoms with Crippen molar-refractivity contribution in [3.63, 3.8) is 0 Å². The van der Waals surface area contributed by atoms with E-state index in [2.05, 4.69) is 40.7 Å². The minimum Gasteiger partial charge on any atom is -0.495 e. The zero-order valence-corrected chi connectivity index (χ0v) is 11.6. The second kappa shape index (κ2) is 4.66. The molecule has 0 radical (unpaired) electrons. The largest absolute Gasteiger partial charge is 0.495 e. The second-order valence-electron chi connectivity index (χ2n) is 4.73. The molecule has 1 aromatic carbocycles. The molecule has 2 rings (SSSR count). The molecule has 0 aliphatic carbocycles. The molecule has 1 aliphatic heterocycles. The molecule has 1 heterocycles. The molecule has 1 aliphatic rings. The number of methoxy groups -OCH3 is 1. The van der Waals surface area contributed by atoms with Crippen molar-refractivity contribution in [2.45, 2.75) is 13.8 Å². The Labute approximate surface area is 106 Å². The molecule has 1 saturated heterocycles. The fourth-order valence-corrected chi connectivity index (χ4v) is 2.39. The van der Waals surface area contributed by atoms with E-state index in [1.54, 1.807) is 7.11 Å². The van der Waals surface area contributed by atoms with Crippen LogP contribution in [0.1, 0.15) is 13.8 Å². The number of halogens is 1. The number of hydrogen-bond donors (Lipinski definition) is 0. The zero-order valence-electron chi connectivity index (χ0n) is 10.0. The quantitative estimate of drug-likeness (QED) is 0.841. The Kier molecular flexibility index (Phi) is 3.43. The third-order valence-electron chi connectivity index (χ3n) is 3.33. The van der Waals surface area contributed by atoms with Crippen molar-refractivity contribution in [3.8, 4) is 5.75 Å². The molecule has 0 spiro atoms. The van der Waals surface area contributed by atoms with Crippen LogP contribution >= 0.6 is 15.9 Å². The molecule has 88 valence electrons. The van der Waals surface area contributed by atoms with Crippen LogP contribution in [0.15, 0.2) is 22.7 Å². The summed E-state index contributed by atoms with van der Waals surface area (Å²) in [7, 11) is 1.73. The average Bonchev–Trinajstić information content (AvgIpc) is 2.15. The van der Waals surface area contributed by atoms with Crippen LogP contribution in [0.2, 0.25) is 0 Å². The Morgan fingerprint density at radius 3 is 2.62 bits per heavy atom. The van der Waals surface area contributed by atoms with Gasteiger partial charge in [-0.15, -0.1) is 0 Å². The molecule has 0 saturated carbocycles. The molecule has 0 aromatic heterocycles. The summed E-state index contributed by atoms with van der Waals surface area (Å²) < 4.78 is 6.50. The van der Waals surface area contributed by atoms with Crippen molar-refractivity contribution >= 4 is 21.6 Å². The summed E-state index contributed by atoms with van der Waals surface area (Å²) in [5.41, 5.74) is 1.20. The van der Waals surface area contributed by atoms with Gasteiger partial charge in [-0.1, -0.05) is 29.8 Å². The van der Waals surface area contributed by atoms with Gasteiger partial charge < -0.3 is 9.64 Å². The number of ether oxygens (including phenoxy) is 1. The van der Waals surface area contributed by atoms with E-state index in [9.17, 15) is 0 Å². The van der Waals surface area contributed by atoms with E-state index in [0.717, 1.165) is 35.1 Å². The lowest BCUT2D eigenvalue weighted by Crippen LogP contribution is -2.49. The number of nitrogens with zero attached hydrogens (tertiary/aromatic N) is 1. The van der Waals surface area contributed by atoms with Gasteiger partial charge in [0.2, 0.25) is 0 Å². The molecule has 2 nitrogen and oxygen atoms in total. The van der Waals surface area contributed by atoms with Crippen LogP contribution in [0.3, 0.4) is 0 Å². The molecule has 0 bridgehead atoms. The minimum atomic E-state index is 0.773. The van der Waals surface area contributed by atoms with Crippen molar-refractivity contribution in [1.29, 1.82) is 0 Å². The van der Waals surface area contributed by atoms with Gasteiger partial charge in [-0.2, -0.15) is 0 Å². The van der Waals surface area contributed by atoms with Crippen LogP contribution in [0.4, 0.5) is 5.69 Å². The van der Waals surface area contributed by atoms with Crippen molar-refractivity contribution in [3.05, 3.63) is 22.7 Å². The van der Waals surface area contributed by atoms with E-state index >= 15 is 0 Å². The molecule has 1 fully saturated rings. The fraction of sp³-hybridized carbons (Fsp3) is 0.538. The molecule has 0 amide bonds. The van der Waals surface area contributed by atoms with Crippen LogP contribution in [-0.2, 0) is 0 Å². The van der Waals surface area contributed by atoms with E-state index < -0.39 is 0 Å². The summed E-state index contributed by atoms with van der Waals surface area (Å²) in [6.45, 7) is 6.87. The molecule has 16 heavy (non-hydrogen) atoms. The molecular weight excluding hydrogens is 266 g/mol. The van der Waals surface area contributed by atoms with Gasteiger partial charge in [0.25, 0.3) is 0 Å². The first-order valence-electron chi connectivity index (χ1n) is 5.70. The normalized spacial score (nSPS) is 16.4. The van der Waals surface area contributed by atoms with Crippen molar-refractivity contribution < 1.29 is 4.74 Å². The highest BCUT2D eigenvalue weighted by molar-refractivity contribution is 9.10. The van der Waals surface area contributed by atoms with Crippen LogP contribution < -0.4 is 9.64 Å². The molecular formula is C13H18BrNO. The number of anilines is 1. The topological polar surface area (TPSA) is 12.5 Å². The lowest BCUT2D eigenvalue weighted by molar-refractivity contribution is 0.306. The smallest absolute Gasteiger partial charge is 0.142 e. The summed E-state index contributed by atoms with van der Waals surface area (Å²) in [4.78, 5) is 2.38. The van der Waals surface area contributed by atoms with E-state index in [0.29, 0.717) is 0 Å². The van der Waals surface area contributed by atoms with E-state index in [-0.39, 0.29) is 0 Å². The highest BCUT2D eigenvalue weighted by Gasteiger charge is 2.30. The maximum absolute atomic E-state index is 5.39. The van der Waals surface area contributed by atoms with Crippen molar-refractivity contribution in [1.82, 2.24) is 0 Å². The van der Waals surface area contributed by atoms with Gasteiger partial charge in [0.05, 0.1) is 12.8 Å². The Balaban J connectivity index is 2.13. The molecule has 0 unspecified atom stereocenters. The number of rotatable bonds is 3. The first kappa shape index (κ1) is 11.8. The second-order valence-corrected chi connectivity index (χ2v) is 5.64. The first-order valence-corrected chi connectivity index (χ1v) is 6.49. The number of benzene rings is 1. The minimum absolute atomic E-state index is 0.773. The maximum atomic E-state index is 5.39. The third kappa shape index (κ3) is 2.19. The van der Waals surface area contributed by atoms with Gasteiger partial charge >= 0.3 is 0 Å². The molecule has 1 aromatic rings. The Hall–Kier alpha value is -0.700. The standard InChI is InChI=1S/C13H18BrNO/c1-9(2)10-7-15(8-10)12-6-11(14)4-5-13(12)16-3/h4-6,9-10H,7-8H2,1-3H3. The van der Waals surface area contributed by atoms with Gasteiger partial charge in [-0.3, -0.25) is 0 Å². The van der Waals surface area contributed by atoms with Crippen molar-refractivity contribution in [2.24, 2.45) is 11.8 Å². The summed E-state index contributed by atoms with van der Waals surface area (Å²) in [5.74, 6) is 2.56. The summed E-state index contributed by atoms with van der Waals surface area (Å²) >= 11 is 3.51. The highest BCUT2D eigenvalue weighted by Crippen LogP contribution is 2.37. The predicted molar refractivity (Wildman–Crippen MR) is 71.2 cm³/mol. The van der Waals surface area contributed by atoms with Gasteiger partial charge in [-0.05, 0) is 30.0 Å². The summed E-state index contributed by atoms with van der Waals surface area (Å²) in [6, 6.07) is 6.17. The van der Waals surface area contributed by atoms with E-state index in [1.807, 2.05) is 12.1 Å². The Morgan fingerprint density at radius 2 is 2.06 bits per heavy atom. The Bertz CT molecular complexity index is 372. The van der Waals surface area contributed by atoms with Gasteiger partial charge in [0, 0.05) is 17.6 Å². The lowest BCUT2D eigenvalue weighted by Gasteiger charge is -2.43. The van der Waals surface area contributed by atoms with E-state index in [1.165, 1.54) is 5.69 Å². The molecule has 0 atom stereocenters. The van der Waals surface area contributed by atoms with Gasteiger partial charge in [0.15, 0.2) is 0 Å². The van der Waals surface area contributed by atoms with Crippen molar-refractivity contribution in [2.75, 3.05) is 25.1 Å². The zero-order chi connectivity index (χ0) is 11.7. The SMILES string of the molecule is COc1ccc(Br)cc1N1CC(C(C)C)C1. The predicted octanol–water partition coefficient (Wildman–Crippen LogP) is 3.55. The van der Waals surface area contributed by atoms with Crippen LogP contribution in [-0.4, -0.2) is 20.2 Å². The molecule has 3 heteroatoms. The average molecular weight is 284 g/mol. The fourth-order valence-electron chi connectivity index (χ4n) is 2.04. The lowest BCUT2D eigenvalue weighted by atomic mass is 9.88. The monoisotopic (exact) mass is 283 g/mol. The van der Waals surface area contributed by atoms with E-state index in [4.69, 9.17) is 4.74 Å². The number of hydrogen-bond acceptors (Lipinski definition) is 2. The Morgan fingerprint density at radius 1 is 1.38 bits per heavy atom. The van der Waals surface area contributed by atoms with Crippen LogP contribution in [0.5, 0.6) is 5.75 Å². The summed E-state index contributed by atoms with van der Waals surface area (Å²) in [5, 5.41) is 0. The maximum Gasteiger partial charge on any atom is 0.142 e.